The van der Waals surface area contributed by atoms with Crippen molar-refractivity contribution in [2.45, 2.75) is 25.0 Å². The molecule has 0 spiro atoms. The van der Waals surface area contributed by atoms with Crippen LogP contribution in [-0.2, 0) is 16.9 Å². The number of likely N-dealkylation sites (tertiary alicyclic amines) is 1. The number of rotatable bonds is 5. The lowest BCUT2D eigenvalue weighted by Crippen LogP contribution is -2.49. The van der Waals surface area contributed by atoms with Crippen molar-refractivity contribution in [3.63, 3.8) is 0 Å². The van der Waals surface area contributed by atoms with Gasteiger partial charge in [0.05, 0.1) is 12.7 Å². The van der Waals surface area contributed by atoms with E-state index < -0.39 is 5.60 Å². The SMILES string of the molecule is O=C(CN1CCCC(O)(c2cn[nH]n2)C1)NCc1cccc(Cl)c1. The minimum absolute atomic E-state index is 0.0839. The number of aromatic nitrogens is 3. The van der Waals surface area contributed by atoms with Gasteiger partial charge in [0.15, 0.2) is 0 Å². The van der Waals surface area contributed by atoms with Gasteiger partial charge in [-0.1, -0.05) is 23.7 Å². The first kappa shape index (κ1) is 16.9. The number of carbonyl (C=O) groups is 1. The first-order valence-electron chi connectivity index (χ1n) is 7.87. The van der Waals surface area contributed by atoms with E-state index in [2.05, 4.69) is 20.7 Å². The van der Waals surface area contributed by atoms with E-state index >= 15 is 0 Å². The van der Waals surface area contributed by atoms with Crippen LogP contribution in [0.1, 0.15) is 24.1 Å². The summed E-state index contributed by atoms with van der Waals surface area (Å²) in [5.41, 5.74) is 0.415. The molecular formula is C16H20ClN5O2. The number of halogens is 1. The summed E-state index contributed by atoms with van der Waals surface area (Å²) in [5, 5.41) is 24.5. The van der Waals surface area contributed by atoms with Crippen molar-refractivity contribution in [3.05, 3.63) is 46.7 Å². The van der Waals surface area contributed by atoms with Crippen LogP contribution in [0.15, 0.2) is 30.5 Å². The molecule has 0 saturated carbocycles. The molecule has 24 heavy (non-hydrogen) atoms. The fourth-order valence-corrected chi connectivity index (χ4v) is 3.21. The molecule has 3 rings (SSSR count). The number of piperidine rings is 1. The lowest BCUT2D eigenvalue weighted by molar-refractivity contribution is -0.124. The van der Waals surface area contributed by atoms with Crippen LogP contribution in [0.5, 0.6) is 0 Å². The highest BCUT2D eigenvalue weighted by atomic mass is 35.5. The zero-order valence-corrected chi connectivity index (χ0v) is 14.0. The Hall–Kier alpha value is -1.96. The number of benzene rings is 1. The lowest BCUT2D eigenvalue weighted by Gasteiger charge is -2.37. The van der Waals surface area contributed by atoms with Crippen LogP contribution in [0.2, 0.25) is 5.02 Å². The molecule has 2 aromatic rings. The summed E-state index contributed by atoms with van der Waals surface area (Å²) in [7, 11) is 0. The number of nitrogens with one attached hydrogen (secondary N) is 2. The van der Waals surface area contributed by atoms with Crippen molar-refractivity contribution in [2.24, 2.45) is 0 Å². The van der Waals surface area contributed by atoms with Crippen LogP contribution in [0.3, 0.4) is 0 Å². The van der Waals surface area contributed by atoms with Crippen molar-refractivity contribution in [1.29, 1.82) is 0 Å². The second-order valence-corrected chi connectivity index (χ2v) is 6.54. The Kier molecular flexibility index (Phi) is 5.13. The maximum absolute atomic E-state index is 12.2. The van der Waals surface area contributed by atoms with E-state index in [0.717, 1.165) is 18.5 Å². The van der Waals surface area contributed by atoms with Gasteiger partial charge in [0.1, 0.15) is 11.3 Å². The molecular weight excluding hydrogens is 330 g/mol. The maximum atomic E-state index is 12.2. The Morgan fingerprint density at radius 3 is 3.12 bits per heavy atom. The molecule has 2 heterocycles. The van der Waals surface area contributed by atoms with Crippen LogP contribution < -0.4 is 5.32 Å². The van der Waals surface area contributed by atoms with Gasteiger partial charge in [-0.05, 0) is 37.1 Å². The molecule has 0 bridgehead atoms. The maximum Gasteiger partial charge on any atom is 0.234 e. The number of H-pyrrole nitrogens is 1. The van der Waals surface area contributed by atoms with Crippen molar-refractivity contribution < 1.29 is 9.90 Å². The summed E-state index contributed by atoms with van der Waals surface area (Å²) in [6.07, 6.45) is 2.94. The third kappa shape index (κ3) is 4.11. The highest BCUT2D eigenvalue weighted by Crippen LogP contribution is 2.29. The third-order valence-corrected chi connectivity index (χ3v) is 4.42. The largest absolute Gasteiger partial charge is 0.382 e. The molecule has 3 N–H and O–H groups in total. The van der Waals surface area contributed by atoms with Crippen molar-refractivity contribution >= 4 is 17.5 Å². The highest BCUT2D eigenvalue weighted by Gasteiger charge is 2.37. The van der Waals surface area contributed by atoms with E-state index in [-0.39, 0.29) is 12.5 Å². The van der Waals surface area contributed by atoms with E-state index in [9.17, 15) is 9.90 Å². The number of hydrogen-bond acceptors (Lipinski definition) is 5. The Bertz CT molecular complexity index is 694. The monoisotopic (exact) mass is 349 g/mol. The zero-order valence-electron chi connectivity index (χ0n) is 13.2. The van der Waals surface area contributed by atoms with Gasteiger partial charge in [-0.15, -0.1) is 0 Å². The summed E-state index contributed by atoms with van der Waals surface area (Å²) in [4.78, 5) is 14.1. The summed E-state index contributed by atoms with van der Waals surface area (Å²) in [6.45, 7) is 1.80. The summed E-state index contributed by atoms with van der Waals surface area (Å²) in [5.74, 6) is -0.0839. The van der Waals surface area contributed by atoms with Crippen LogP contribution in [-0.4, -0.2) is 51.0 Å². The molecule has 1 saturated heterocycles. The lowest BCUT2D eigenvalue weighted by atomic mass is 9.90. The van der Waals surface area contributed by atoms with Gasteiger partial charge in [-0.3, -0.25) is 9.69 Å². The Labute approximate surface area is 145 Å². The number of carbonyl (C=O) groups excluding carboxylic acids is 1. The zero-order chi connectivity index (χ0) is 17.0. The molecule has 7 nitrogen and oxygen atoms in total. The molecule has 1 aromatic carbocycles. The van der Waals surface area contributed by atoms with E-state index in [1.54, 1.807) is 6.07 Å². The second-order valence-electron chi connectivity index (χ2n) is 6.11. The molecule has 1 fully saturated rings. The number of β-amino-alcohol motifs (C(OH)–C–C–N with tert-alkyl or cyclic N) is 1. The second kappa shape index (κ2) is 7.29. The molecule has 8 heteroatoms. The molecule has 1 aliphatic rings. The van der Waals surface area contributed by atoms with Crippen molar-refractivity contribution in [3.8, 4) is 0 Å². The number of hydrogen-bond donors (Lipinski definition) is 3. The minimum Gasteiger partial charge on any atom is -0.382 e. The van der Waals surface area contributed by atoms with Gasteiger partial charge in [0.2, 0.25) is 5.91 Å². The third-order valence-electron chi connectivity index (χ3n) is 4.19. The molecule has 1 aliphatic heterocycles. The molecule has 0 radical (unpaired) electrons. The fourth-order valence-electron chi connectivity index (χ4n) is 3.00. The van der Waals surface area contributed by atoms with Gasteiger partial charge in [-0.25, -0.2) is 0 Å². The molecule has 128 valence electrons. The average molecular weight is 350 g/mol. The van der Waals surface area contributed by atoms with Gasteiger partial charge in [0.25, 0.3) is 0 Å². The van der Waals surface area contributed by atoms with Gasteiger partial charge < -0.3 is 10.4 Å². The molecule has 0 aliphatic carbocycles. The molecule has 1 unspecified atom stereocenters. The predicted molar refractivity (Wildman–Crippen MR) is 89.3 cm³/mol. The van der Waals surface area contributed by atoms with Crippen molar-refractivity contribution in [2.75, 3.05) is 19.6 Å². The van der Waals surface area contributed by atoms with Gasteiger partial charge >= 0.3 is 0 Å². The normalized spacial score (nSPS) is 21.6. The van der Waals surface area contributed by atoms with E-state index in [1.165, 1.54) is 6.20 Å². The topological polar surface area (TPSA) is 94.1 Å². The quantitative estimate of drug-likeness (QED) is 0.750. The van der Waals surface area contributed by atoms with Crippen LogP contribution in [0.4, 0.5) is 0 Å². The first-order valence-corrected chi connectivity index (χ1v) is 8.25. The first-order chi connectivity index (χ1) is 11.5. The van der Waals surface area contributed by atoms with Crippen molar-refractivity contribution in [1.82, 2.24) is 25.6 Å². The number of aliphatic hydroxyl groups is 1. The summed E-state index contributed by atoms with van der Waals surface area (Å²) >= 11 is 5.93. The van der Waals surface area contributed by atoms with E-state index in [4.69, 9.17) is 11.6 Å². The molecule has 1 amide bonds. The standard InChI is InChI=1S/C16H20ClN5O2/c17-13-4-1-3-12(7-13)8-18-15(23)10-22-6-2-5-16(24,11-22)14-9-19-21-20-14/h1,3-4,7,9,24H,2,5-6,8,10-11H2,(H,18,23)(H,19,20,21). The van der Waals surface area contributed by atoms with Crippen LogP contribution in [0.25, 0.3) is 0 Å². The van der Waals surface area contributed by atoms with Crippen LogP contribution >= 0.6 is 11.6 Å². The van der Waals surface area contributed by atoms with Gasteiger partial charge in [-0.2, -0.15) is 15.4 Å². The van der Waals surface area contributed by atoms with E-state index in [0.29, 0.717) is 30.2 Å². The number of amides is 1. The minimum atomic E-state index is -1.06. The predicted octanol–water partition coefficient (Wildman–Crippen LogP) is 1.06. The average Bonchev–Trinajstić information content (AvgIpc) is 3.08. The number of aromatic amines is 1. The Morgan fingerprint density at radius 2 is 2.38 bits per heavy atom. The number of nitrogens with zero attached hydrogens (tertiary/aromatic N) is 3. The molecule has 1 atom stereocenters. The van der Waals surface area contributed by atoms with E-state index in [1.807, 2.05) is 23.1 Å². The highest BCUT2D eigenvalue weighted by molar-refractivity contribution is 6.30. The summed E-state index contributed by atoms with van der Waals surface area (Å²) in [6, 6.07) is 7.39. The van der Waals surface area contributed by atoms with Crippen LogP contribution in [0, 0.1) is 0 Å². The fraction of sp³-hybridized carbons (Fsp3) is 0.438. The molecule has 1 aromatic heterocycles. The Balaban J connectivity index is 1.53. The Morgan fingerprint density at radius 1 is 1.50 bits per heavy atom. The smallest absolute Gasteiger partial charge is 0.234 e. The van der Waals surface area contributed by atoms with Gasteiger partial charge in [0, 0.05) is 18.1 Å². The summed E-state index contributed by atoms with van der Waals surface area (Å²) < 4.78 is 0.